The molecule has 0 bridgehead atoms. The molecule has 0 aliphatic carbocycles. The number of rotatable bonds is 4. The Bertz CT molecular complexity index is 573. The van der Waals surface area contributed by atoms with Crippen molar-refractivity contribution < 1.29 is 14.5 Å². The van der Waals surface area contributed by atoms with E-state index in [1.807, 2.05) is 6.92 Å². The van der Waals surface area contributed by atoms with E-state index in [0.29, 0.717) is 13.2 Å². The summed E-state index contributed by atoms with van der Waals surface area (Å²) >= 11 is 5.84. The van der Waals surface area contributed by atoms with E-state index in [2.05, 4.69) is 5.32 Å². The zero-order chi connectivity index (χ0) is 15.6. The van der Waals surface area contributed by atoms with Gasteiger partial charge >= 0.3 is 0 Å². The van der Waals surface area contributed by atoms with Crippen molar-refractivity contribution in [2.45, 2.75) is 19.4 Å². The first-order chi connectivity index (χ1) is 9.90. The number of nitro benzene ring substituents is 1. The number of nitrogen functional groups attached to an aromatic ring is 1. The number of anilines is 1. The van der Waals surface area contributed by atoms with Crippen molar-refractivity contribution in [2.24, 2.45) is 5.92 Å². The number of non-ortho nitro benzene ring substituents is 1. The summed E-state index contributed by atoms with van der Waals surface area (Å²) in [6, 6.07) is 2.15. The molecule has 1 fully saturated rings. The predicted octanol–water partition coefficient (Wildman–Crippen LogP) is 1.99. The highest BCUT2D eigenvalue weighted by molar-refractivity contribution is 6.34. The molecule has 0 saturated carbocycles. The third kappa shape index (κ3) is 3.43. The molecular weight excluding hydrogens is 298 g/mol. The number of nitrogens with one attached hydrogen (secondary N) is 1. The normalized spacial score (nSPS) is 19.2. The number of carbonyl (C=O) groups excluding carboxylic acids is 1. The van der Waals surface area contributed by atoms with Crippen LogP contribution in [0.5, 0.6) is 0 Å². The zero-order valence-electron chi connectivity index (χ0n) is 11.5. The molecule has 1 saturated heterocycles. The average Bonchev–Trinajstić information content (AvgIpc) is 2.95. The van der Waals surface area contributed by atoms with E-state index < -0.39 is 10.8 Å². The average molecular weight is 314 g/mol. The first-order valence-electron chi connectivity index (χ1n) is 6.52. The van der Waals surface area contributed by atoms with Gasteiger partial charge in [0.1, 0.15) is 0 Å². The van der Waals surface area contributed by atoms with Gasteiger partial charge in [-0.3, -0.25) is 14.9 Å². The van der Waals surface area contributed by atoms with Gasteiger partial charge in [0, 0.05) is 30.7 Å². The highest BCUT2D eigenvalue weighted by Crippen LogP contribution is 2.29. The monoisotopic (exact) mass is 313 g/mol. The number of nitro groups is 1. The second-order valence-corrected chi connectivity index (χ2v) is 5.44. The molecule has 1 aliphatic rings. The van der Waals surface area contributed by atoms with Gasteiger partial charge in [-0.15, -0.1) is 0 Å². The lowest BCUT2D eigenvalue weighted by molar-refractivity contribution is -0.384. The molecule has 3 N–H and O–H groups in total. The summed E-state index contributed by atoms with van der Waals surface area (Å²) in [4.78, 5) is 22.5. The van der Waals surface area contributed by atoms with Gasteiger partial charge in [-0.2, -0.15) is 0 Å². The first kappa shape index (κ1) is 15.5. The Labute approximate surface area is 126 Å². The number of carbonyl (C=O) groups is 1. The Kier molecular flexibility index (Phi) is 4.64. The third-order valence-electron chi connectivity index (χ3n) is 3.60. The molecule has 2 rings (SSSR count). The van der Waals surface area contributed by atoms with E-state index in [9.17, 15) is 14.9 Å². The van der Waals surface area contributed by atoms with Crippen LogP contribution in [0.2, 0.25) is 5.02 Å². The molecule has 0 spiro atoms. The Morgan fingerprint density at radius 2 is 2.33 bits per heavy atom. The van der Waals surface area contributed by atoms with Crippen molar-refractivity contribution in [3.05, 3.63) is 32.8 Å². The number of amides is 1. The minimum Gasteiger partial charge on any atom is -0.397 e. The van der Waals surface area contributed by atoms with E-state index in [-0.39, 0.29) is 33.9 Å². The molecule has 2 unspecified atom stereocenters. The summed E-state index contributed by atoms with van der Waals surface area (Å²) in [6.45, 7) is 3.13. The molecule has 1 aromatic carbocycles. The summed E-state index contributed by atoms with van der Waals surface area (Å²) in [5.41, 5.74) is 5.52. The van der Waals surface area contributed by atoms with Crippen LogP contribution in [0.25, 0.3) is 0 Å². The van der Waals surface area contributed by atoms with E-state index in [1.54, 1.807) is 0 Å². The molecule has 8 heteroatoms. The maximum Gasteiger partial charge on any atom is 0.271 e. The summed E-state index contributed by atoms with van der Waals surface area (Å²) in [6.07, 6.45) is 0.868. The van der Waals surface area contributed by atoms with Crippen LogP contribution in [0.4, 0.5) is 11.4 Å². The van der Waals surface area contributed by atoms with Crippen LogP contribution in [-0.2, 0) is 4.74 Å². The zero-order valence-corrected chi connectivity index (χ0v) is 12.2. The smallest absolute Gasteiger partial charge is 0.271 e. The van der Waals surface area contributed by atoms with Gasteiger partial charge in [0.25, 0.3) is 11.6 Å². The molecule has 0 radical (unpaired) electrons. The maximum absolute atomic E-state index is 12.2. The predicted molar refractivity (Wildman–Crippen MR) is 78.4 cm³/mol. The second kappa shape index (κ2) is 6.28. The first-order valence-corrected chi connectivity index (χ1v) is 6.90. The fourth-order valence-electron chi connectivity index (χ4n) is 2.25. The molecular formula is C13H16ClN3O4. The van der Waals surface area contributed by atoms with Gasteiger partial charge in [-0.1, -0.05) is 11.6 Å². The SMILES string of the molecule is CC(NC(=O)c1cc([N+](=O)[O-])cc(Cl)c1N)C1CCOC1. The molecule has 1 amide bonds. The Morgan fingerprint density at radius 1 is 1.62 bits per heavy atom. The number of halogens is 1. The van der Waals surface area contributed by atoms with Gasteiger partial charge in [0.05, 0.1) is 27.8 Å². The molecule has 1 aromatic rings. The number of ether oxygens (including phenoxy) is 1. The van der Waals surface area contributed by atoms with Crippen molar-refractivity contribution in [2.75, 3.05) is 18.9 Å². The fraction of sp³-hybridized carbons (Fsp3) is 0.462. The molecule has 114 valence electrons. The third-order valence-corrected chi connectivity index (χ3v) is 3.91. The largest absolute Gasteiger partial charge is 0.397 e. The van der Waals surface area contributed by atoms with Crippen LogP contribution in [0.1, 0.15) is 23.7 Å². The molecule has 7 nitrogen and oxygen atoms in total. The van der Waals surface area contributed by atoms with Gasteiger partial charge in [-0.25, -0.2) is 0 Å². The van der Waals surface area contributed by atoms with E-state index in [4.69, 9.17) is 22.1 Å². The van der Waals surface area contributed by atoms with Crippen molar-refractivity contribution >= 4 is 28.9 Å². The van der Waals surface area contributed by atoms with Gasteiger partial charge in [-0.05, 0) is 13.3 Å². The lowest BCUT2D eigenvalue weighted by atomic mass is 10.00. The Balaban J connectivity index is 2.19. The molecule has 1 aliphatic heterocycles. The Morgan fingerprint density at radius 3 is 2.90 bits per heavy atom. The highest BCUT2D eigenvalue weighted by atomic mass is 35.5. The van der Waals surface area contributed by atoms with E-state index >= 15 is 0 Å². The van der Waals surface area contributed by atoms with Crippen LogP contribution in [-0.4, -0.2) is 30.1 Å². The van der Waals surface area contributed by atoms with Crippen molar-refractivity contribution in [3.63, 3.8) is 0 Å². The minimum absolute atomic E-state index is 0.00815. The van der Waals surface area contributed by atoms with Crippen molar-refractivity contribution in [1.29, 1.82) is 0 Å². The highest BCUT2D eigenvalue weighted by Gasteiger charge is 2.25. The van der Waals surface area contributed by atoms with Crippen LogP contribution in [0.15, 0.2) is 12.1 Å². The second-order valence-electron chi connectivity index (χ2n) is 5.03. The minimum atomic E-state index is -0.615. The molecule has 1 heterocycles. The lowest BCUT2D eigenvalue weighted by Crippen LogP contribution is -2.38. The van der Waals surface area contributed by atoms with Gasteiger partial charge in [0.2, 0.25) is 0 Å². The molecule has 0 aromatic heterocycles. The maximum atomic E-state index is 12.2. The van der Waals surface area contributed by atoms with E-state index in [0.717, 1.165) is 18.6 Å². The van der Waals surface area contributed by atoms with Crippen molar-refractivity contribution in [1.82, 2.24) is 5.32 Å². The number of hydrogen-bond donors (Lipinski definition) is 2. The lowest BCUT2D eigenvalue weighted by Gasteiger charge is -2.19. The summed E-state index contributed by atoms with van der Waals surface area (Å²) in [5.74, 6) is -0.248. The number of nitrogens with zero attached hydrogens (tertiary/aromatic N) is 1. The summed E-state index contributed by atoms with van der Waals surface area (Å²) in [7, 11) is 0. The van der Waals surface area contributed by atoms with Gasteiger partial charge in [0.15, 0.2) is 0 Å². The number of hydrogen-bond acceptors (Lipinski definition) is 5. The van der Waals surface area contributed by atoms with Crippen LogP contribution in [0.3, 0.4) is 0 Å². The molecule has 21 heavy (non-hydrogen) atoms. The van der Waals surface area contributed by atoms with Crippen LogP contribution < -0.4 is 11.1 Å². The Hall–Kier alpha value is -1.86. The number of nitrogens with two attached hydrogens (primary N) is 1. The fourth-order valence-corrected chi connectivity index (χ4v) is 2.46. The van der Waals surface area contributed by atoms with Crippen LogP contribution >= 0.6 is 11.6 Å². The number of benzene rings is 1. The summed E-state index contributed by atoms with van der Waals surface area (Å²) < 4.78 is 5.27. The molecule has 2 atom stereocenters. The van der Waals surface area contributed by atoms with Gasteiger partial charge < -0.3 is 15.8 Å². The standard InChI is InChI=1S/C13H16ClN3O4/c1-7(8-2-3-21-6-8)16-13(18)10-4-9(17(19)20)5-11(14)12(10)15/h4-5,7-8H,2-3,6,15H2,1H3,(H,16,18). The topological polar surface area (TPSA) is 107 Å². The van der Waals surface area contributed by atoms with Crippen molar-refractivity contribution in [3.8, 4) is 0 Å². The van der Waals surface area contributed by atoms with E-state index in [1.165, 1.54) is 0 Å². The van der Waals surface area contributed by atoms with Crippen LogP contribution in [0, 0.1) is 16.0 Å². The quantitative estimate of drug-likeness (QED) is 0.502. The summed E-state index contributed by atoms with van der Waals surface area (Å²) in [5, 5.41) is 13.6.